The maximum Gasteiger partial charge on any atom is 0.195 e. The van der Waals surface area contributed by atoms with E-state index in [1.807, 2.05) is 0 Å². The maximum atomic E-state index is 12.9. The number of H-pyrrole nitrogens is 1. The predicted octanol–water partition coefficient (Wildman–Crippen LogP) is 5.09. The fourth-order valence-electron chi connectivity index (χ4n) is 2.41. The van der Waals surface area contributed by atoms with Crippen LogP contribution in [0.2, 0.25) is 10.0 Å². The van der Waals surface area contributed by atoms with E-state index in [1.165, 1.54) is 0 Å². The third kappa shape index (κ3) is 2.87. The zero-order valence-corrected chi connectivity index (χ0v) is 13.3. The second-order valence-corrected chi connectivity index (χ2v) is 5.74. The molecule has 0 saturated heterocycles. The molecule has 3 aromatic rings. The van der Waals surface area contributed by atoms with Crippen LogP contribution in [0.3, 0.4) is 0 Å². The largest absolute Gasteiger partial charge is 0.366 e. The topological polar surface area (TPSA) is 56.6 Å². The molecule has 0 atom stereocenters. The quantitative estimate of drug-likeness (QED) is 0.675. The van der Waals surface area contributed by atoms with E-state index in [2.05, 4.69) is 11.1 Å². The minimum absolute atomic E-state index is 0.238. The van der Waals surface area contributed by atoms with E-state index >= 15 is 0 Å². The predicted molar refractivity (Wildman–Crippen MR) is 90.8 cm³/mol. The molecule has 2 aromatic carbocycles. The van der Waals surface area contributed by atoms with Crippen LogP contribution in [0.15, 0.2) is 54.9 Å². The highest BCUT2D eigenvalue weighted by molar-refractivity contribution is 6.35. The third-order valence-electron chi connectivity index (χ3n) is 3.50. The lowest BCUT2D eigenvalue weighted by Crippen LogP contribution is -2.04. The summed E-state index contributed by atoms with van der Waals surface area (Å²) in [5, 5.41) is 10.0. The van der Waals surface area contributed by atoms with Gasteiger partial charge in [-0.25, -0.2) is 0 Å². The fourth-order valence-corrected chi connectivity index (χ4v) is 2.80. The van der Waals surface area contributed by atoms with Crippen LogP contribution in [0.25, 0.3) is 11.1 Å². The smallest absolute Gasteiger partial charge is 0.195 e. The number of nitriles is 1. The highest BCUT2D eigenvalue weighted by Gasteiger charge is 2.19. The highest BCUT2D eigenvalue weighted by atomic mass is 35.5. The molecule has 0 aliphatic rings. The van der Waals surface area contributed by atoms with Gasteiger partial charge in [-0.2, -0.15) is 5.26 Å². The zero-order chi connectivity index (χ0) is 16.4. The van der Waals surface area contributed by atoms with Crippen molar-refractivity contribution in [2.45, 2.75) is 0 Å². The zero-order valence-electron chi connectivity index (χ0n) is 11.8. The Morgan fingerprint density at radius 3 is 2.52 bits per heavy atom. The first-order valence-electron chi connectivity index (χ1n) is 6.78. The van der Waals surface area contributed by atoms with Gasteiger partial charge < -0.3 is 4.98 Å². The molecule has 1 aromatic heterocycles. The van der Waals surface area contributed by atoms with E-state index in [0.717, 1.165) is 0 Å². The Bertz CT molecular complexity index is 938. The van der Waals surface area contributed by atoms with Crippen LogP contribution in [0, 0.1) is 11.3 Å². The number of nitrogens with zero attached hydrogens (tertiary/aromatic N) is 1. The van der Waals surface area contributed by atoms with E-state index in [0.29, 0.717) is 37.9 Å². The Morgan fingerprint density at radius 2 is 1.78 bits per heavy atom. The van der Waals surface area contributed by atoms with E-state index in [1.54, 1.807) is 54.9 Å². The molecule has 0 amide bonds. The average Bonchev–Trinajstić information content (AvgIpc) is 3.03. The number of aromatic amines is 1. The monoisotopic (exact) mass is 340 g/mol. The summed E-state index contributed by atoms with van der Waals surface area (Å²) >= 11 is 12.2. The van der Waals surface area contributed by atoms with Crippen LogP contribution in [-0.4, -0.2) is 10.8 Å². The summed E-state index contributed by atoms with van der Waals surface area (Å²) in [6.45, 7) is 0. The lowest BCUT2D eigenvalue weighted by Gasteiger charge is -2.10. The Morgan fingerprint density at radius 1 is 1.00 bits per heavy atom. The van der Waals surface area contributed by atoms with Crippen LogP contribution < -0.4 is 0 Å². The number of benzene rings is 2. The van der Waals surface area contributed by atoms with Gasteiger partial charge in [0.25, 0.3) is 0 Å². The van der Waals surface area contributed by atoms with E-state index < -0.39 is 0 Å². The Balaban J connectivity index is 2.20. The Labute approximate surface area is 143 Å². The van der Waals surface area contributed by atoms with E-state index in [4.69, 9.17) is 23.2 Å². The van der Waals surface area contributed by atoms with Crippen LogP contribution in [0.1, 0.15) is 21.5 Å². The summed E-state index contributed by atoms with van der Waals surface area (Å²) in [6, 6.07) is 14.0. The first kappa shape index (κ1) is 15.4. The van der Waals surface area contributed by atoms with Gasteiger partial charge >= 0.3 is 0 Å². The lowest BCUT2D eigenvalue weighted by molar-refractivity contribution is 0.103. The number of carbonyl (C=O) groups excluding carboxylic acids is 1. The number of ketones is 1. The summed E-state index contributed by atoms with van der Waals surface area (Å²) < 4.78 is 0. The number of hydrogen-bond acceptors (Lipinski definition) is 2. The molecule has 0 fully saturated rings. The molecule has 0 aliphatic heterocycles. The number of halogens is 2. The van der Waals surface area contributed by atoms with Gasteiger partial charge in [0, 0.05) is 34.1 Å². The number of rotatable bonds is 3. The van der Waals surface area contributed by atoms with Gasteiger partial charge in [0.1, 0.15) is 6.07 Å². The van der Waals surface area contributed by atoms with Gasteiger partial charge in [0.15, 0.2) is 5.78 Å². The second-order valence-electron chi connectivity index (χ2n) is 4.89. The van der Waals surface area contributed by atoms with Gasteiger partial charge in [-0.05, 0) is 29.8 Å². The standard InChI is InChI=1S/C18H10Cl2N2O/c19-12-5-6-13(16-10-22-9-11(16)8-21)15(7-12)18(23)14-3-1-2-4-17(14)20/h1-7,9-10,22H. The molecular weight excluding hydrogens is 331 g/mol. The normalized spacial score (nSPS) is 10.3. The Kier molecular flexibility index (Phi) is 4.20. The van der Waals surface area contributed by atoms with Crippen molar-refractivity contribution >= 4 is 29.0 Å². The van der Waals surface area contributed by atoms with Crippen molar-refractivity contribution in [2.75, 3.05) is 0 Å². The van der Waals surface area contributed by atoms with Gasteiger partial charge in [-0.15, -0.1) is 0 Å². The molecular formula is C18H10Cl2N2O. The van der Waals surface area contributed by atoms with Crippen molar-refractivity contribution in [3.63, 3.8) is 0 Å². The minimum atomic E-state index is -0.238. The molecule has 0 saturated carbocycles. The molecule has 0 bridgehead atoms. The van der Waals surface area contributed by atoms with Gasteiger partial charge in [-0.1, -0.05) is 41.4 Å². The van der Waals surface area contributed by atoms with Crippen molar-refractivity contribution in [3.8, 4) is 17.2 Å². The first-order valence-corrected chi connectivity index (χ1v) is 7.53. The lowest BCUT2D eigenvalue weighted by atomic mass is 9.93. The summed E-state index contributed by atoms with van der Waals surface area (Å²) in [7, 11) is 0. The van der Waals surface area contributed by atoms with Gasteiger partial charge in [0.2, 0.25) is 0 Å². The summed E-state index contributed by atoms with van der Waals surface area (Å²) in [6.07, 6.45) is 3.28. The molecule has 0 spiro atoms. The first-order chi connectivity index (χ1) is 11.1. The molecule has 0 unspecified atom stereocenters. The molecule has 3 nitrogen and oxygen atoms in total. The van der Waals surface area contributed by atoms with Crippen molar-refractivity contribution in [2.24, 2.45) is 0 Å². The van der Waals surface area contributed by atoms with E-state index in [-0.39, 0.29) is 5.78 Å². The molecule has 23 heavy (non-hydrogen) atoms. The molecule has 112 valence electrons. The molecule has 0 radical (unpaired) electrons. The second kappa shape index (κ2) is 6.29. The Hall–Kier alpha value is -2.54. The maximum absolute atomic E-state index is 12.9. The van der Waals surface area contributed by atoms with Crippen molar-refractivity contribution in [1.29, 1.82) is 5.26 Å². The van der Waals surface area contributed by atoms with Crippen molar-refractivity contribution in [1.82, 2.24) is 4.98 Å². The van der Waals surface area contributed by atoms with Crippen LogP contribution in [-0.2, 0) is 0 Å². The third-order valence-corrected chi connectivity index (χ3v) is 4.07. The average molecular weight is 341 g/mol. The van der Waals surface area contributed by atoms with Crippen LogP contribution in [0.4, 0.5) is 0 Å². The summed E-state index contributed by atoms with van der Waals surface area (Å²) in [4.78, 5) is 15.8. The van der Waals surface area contributed by atoms with Crippen LogP contribution in [0.5, 0.6) is 0 Å². The summed E-state index contributed by atoms with van der Waals surface area (Å²) in [5.41, 5.74) is 2.55. The van der Waals surface area contributed by atoms with Gasteiger partial charge in [-0.3, -0.25) is 4.79 Å². The molecule has 1 heterocycles. The molecule has 3 rings (SSSR count). The van der Waals surface area contributed by atoms with Gasteiger partial charge in [0.05, 0.1) is 10.6 Å². The molecule has 1 N–H and O–H groups in total. The fraction of sp³-hybridized carbons (Fsp3) is 0. The number of aromatic nitrogens is 1. The number of nitrogens with one attached hydrogen (secondary N) is 1. The highest BCUT2D eigenvalue weighted by Crippen LogP contribution is 2.31. The number of carbonyl (C=O) groups is 1. The molecule has 5 heteroatoms. The summed E-state index contributed by atoms with van der Waals surface area (Å²) in [5.74, 6) is -0.238. The van der Waals surface area contributed by atoms with Crippen molar-refractivity contribution < 1.29 is 4.79 Å². The number of hydrogen-bond donors (Lipinski definition) is 1. The minimum Gasteiger partial charge on any atom is -0.366 e. The van der Waals surface area contributed by atoms with E-state index in [9.17, 15) is 10.1 Å². The molecule has 0 aliphatic carbocycles. The SMILES string of the molecule is N#Cc1c[nH]cc1-c1ccc(Cl)cc1C(=O)c1ccccc1Cl. The van der Waals surface area contributed by atoms with Crippen LogP contribution >= 0.6 is 23.2 Å². The van der Waals surface area contributed by atoms with Crippen molar-refractivity contribution in [3.05, 3.63) is 81.6 Å².